The predicted molar refractivity (Wildman–Crippen MR) is 26.9 cm³/mol. The minimum absolute atomic E-state index is 0.688. The molecule has 2 N–H and O–H groups in total. The Hall–Kier alpha value is -0.970. The highest BCUT2D eigenvalue weighted by Gasteiger charge is 1.89. The lowest BCUT2D eigenvalue weighted by Gasteiger charge is -1.86. The zero-order valence-corrected chi connectivity index (χ0v) is 4.55. The lowest BCUT2D eigenvalue weighted by atomic mass is 10.6. The minimum Gasteiger partial charge on any atom is -0.313 e. The molecule has 0 aromatic carbocycles. The zero-order chi connectivity index (χ0) is 5.82. The van der Waals surface area contributed by atoms with Crippen LogP contribution in [-0.2, 0) is 6.54 Å². The van der Waals surface area contributed by atoms with E-state index in [2.05, 4.69) is 25.9 Å². The predicted octanol–water partition coefficient (Wildman–Crippen LogP) is -1.08. The van der Waals surface area contributed by atoms with Crippen molar-refractivity contribution in [3.8, 4) is 0 Å². The molecule has 0 saturated carbocycles. The highest BCUT2D eigenvalue weighted by Crippen LogP contribution is 1.76. The highest BCUT2D eigenvalue weighted by molar-refractivity contribution is 4.72. The molecule has 0 bridgehead atoms. The first-order valence-electron chi connectivity index (χ1n) is 2.30. The molecule has 8 heavy (non-hydrogen) atoms. The molecule has 1 rings (SSSR count). The van der Waals surface area contributed by atoms with Gasteiger partial charge >= 0.3 is 0 Å². The fourth-order valence-corrected chi connectivity index (χ4v) is 0.421. The van der Waals surface area contributed by atoms with E-state index in [1.54, 1.807) is 0 Å². The summed E-state index contributed by atoms with van der Waals surface area (Å²) >= 11 is 0. The van der Waals surface area contributed by atoms with E-state index < -0.39 is 0 Å². The third-order valence-corrected chi connectivity index (χ3v) is 0.733. The average Bonchev–Trinajstić information content (AvgIpc) is 2.19. The maximum Gasteiger partial charge on any atom is 0.162 e. The fraction of sp³-hybridized carbons (Fsp3) is 0.667. The number of nitrogens with one attached hydrogen (secondary N) is 2. The van der Waals surface area contributed by atoms with Crippen molar-refractivity contribution >= 4 is 0 Å². The number of rotatable bonds is 2. The van der Waals surface area contributed by atoms with Gasteiger partial charge in [-0.3, -0.25) is 0 Å². The summed E-state index contributed by atoms with van der Waals surface area (Å²) in [6, 6.07) is 0. The Morgan fingerprint density at radius 3 is 3.12 bits per heavy atom. The Morgan fingerprint density at radius 2 is 2.62 bits per heavy atom. The number of hydrogen-bond acceptors (Lipinski definition) is 4. The molecule has 0 fully saturated rings. The fourth-order valence-electron chi connectivity index (χ4n) is 0.421. The largest absolute Gasteiger partial charge is 0.313 e. The van der Waals surface area contributed by atoms with Gasteiger partial charge in [-0.2, -0.15) is 0 Å². The third-order valence-electron chi connectivity index (χ3n) is 0.733. The number of aromatic amines is 1. The quantitative estimate of drug-likeness (QED) is 0.512. The maximum absolute atomic E-state index is 3.63. The smallest absolute Gasteiger partial charge is 0.162 e. The summed E-state index contributed by atoms with van der Waals surface area (Å²) in [7, 11) is 1.84. The van der Waals surface area contributed by atoms with Crippen LogP contribution < -0.4 is 5.32 Å². The average molecular weight is 113 g/mol. The molecule has 0 spiro atoms. The number of hydrogen-bond donors (Lipinski definition) is 2. The van der Waals surface area contributed by atoms with E-state index in [1.807, 2.05) is 7.05 Å². The topological polar surface area (TPSA) is 66.5 Å². The summed E-state index contributed by atoms with van der Waals surface area (Å²) in [6.07, 6.45) is 0. The third kappa shape index (κ3) is 1.00. The summed E-state index contributed by atoms with van der Waals surface area (Å²) in [4.78, 5) is 0. The Balaban J connectivity index is 2.50. The van der Waals surface area contributed by atoms with Crippen molar-refractivity contribution in [2.24, 2.45) is 0 Å². The van der Waals surface area contributed by atoms with Crippen LogP contribution in [0.5, 0.6) is 0 Å². The normalized spacial score (nSPS) is 9.62. The maximum atomic E-state index is 3.63. The van der Waals surface area contributed by atoms with Gasteiger partial charge in [0.1, 0.15) is 0 Å². The van der Waals surface area contributed by atoms with Gasteiger partial charge in [0.15, 0.2) is 5.82 Å². The molecule has 1 aromatic heterocycles. The summed E-state index contributed by atoms with van der Waals surface area (Å²) in [5.41, 5.74) is 0. The Bertz CT molecular complexity index is 133. The number of H-pyrrole nitrogens is 1. The summed E-state index contributed by atoms with van der Waals surface area (Å²) < 4.78 is 0. The molecule has 0 aliphatic heterocycles. The summed E-state index contributed by atoms with van der Waals surface area (Å²) in [5.74, 6) is 0.757. The molecular weight excluding hydrogens is 106 g/mol. The molecule has 5 heteroatoms. The van der Waals surface area contributed by atoms with Crippen LogP contribution in [0.15, 0.2) is 0 Å². The molecule has 1 heterocycles. The van der Waals surface area contributed by atoms with Crippen LogP contribution in [0, 0.1) is 0 Å². The Labute approximate surface area is 46.5 Å². The van der Waals surface area contributed by atoms with Crippen LogP contribution in [0.3, 0.4) is 0 Å². The molecular formula is C3H7N5. The van der Waals surface area contributed by atoms with Gasteiger partial charge in [-0.1, -0.05) is 0 Å². The second-order valence-corrected chi connectivity index (χ2v) is 1.38. The number of tetrazole rings is 1. The van der Waals surface area contributed by atoms with Crippen LogP contribution in [0.25, 0.3) is 0 Å². The molecule has 0 radical (unpaired) electrons. The van der Waals surface area contributed by atoms with Crippen molar-refractivity contribution in [2.75, 3.05) is 7.05 Å². The molecule has 0 aliphatic rings. The van der Waals surface area contributed by atoms with E-state index in [9.17, 15) is 0 Å². The van der Waals surface area contributed by atoms with Crippen LogP contribution in [-0.4, -0.2) is 27.7 Å². The molecule has 0 saturated heterocycles. The van der Waals surface area contributed by atoms with Gasteiger partial charge in [0.25, 0.3) is 0 Å². The van der Waals surface area contributed by atoms with Gasteiger partial charge in [0.05, 0.1) is 6.54 Å². The molecule has 1 aromatic rings. The molecule has 0 unspecified atom stereocenters. The van der Waals surface area contributed by atoms with Gasteiger partial charge in [-0.25, -0.2) is 5.10 Å². The van der Waals surface area contributed by atoms with Crippen LogP contribution in [0.1, 0.15) is 5.82 Å². The SMILES string of the molecule is CNCc1nnn[nH]1. The van der Waals surface area contributed by atoms with E-state index in [0.29, 0.717) is 6.54 Å². The van der Waals surface area contributed by atoms with Crippen LogP contribution in [0.2, 0.25) is 0 Å². The Morgan fingerprint density at radius 1 is 1.75 bits per heavy atom. The molecule has 44 valence electrons. The standard InChI is InChI=1S/C3H7N5/c1-4-2-3-5-7-8-6-3/h4H,2H2,1H3,(H,5,6,7,8). The molecule has 0 aliphatic carbocycles. The van der Waals surface area contributed by atoms with Crippen molar-refractivity contribution in [1.29, 1.82) is 0 Å². The van der Waals surface area contributed by atoms with E-state index in [1.165, 1.54) is 0 Å². The van der Waals surface area contributed by atoms with Crippen LogP contribution >= 0.6 is 0 Å². The lowest BCUT2D eigenvalue weighted by molar-refractivity contribution is 0.761. The molecule has 0 atom stereocenters. The van der Waals surface area contributed by atoms with Crippen molar-refractivity contribution in [3.05, 3.63) is 5.82 Å². The number of aromatic nitrogens is 4. The van der Waals surface area contributed by atoms with Gasteiger partial charge in [-0.15, -0.1) is 5.10 Å². The zero-order valence-electron chi connectivity index (χ0n) is 4.55. The van der Waals surface area contributed by atoms with E-state index in [-0.39, 0.29) is 0 Å². The van der Waals surface area contributed by atoms with E-state index in [4.69, 9.17) is 0 Å². The van der Waals surface area contributed by atoms with Crippen LogP contribution in [0.4, 0.5) is 0 Å². The van der Waals surface area contributed by atoms with Gasteiger partial charge in [-0.05, 0) is 17.5 Å². The van der Waals surface area contributed by atoms with Gasteiger partial charge < -0.3 is 5.32 Å². The molecule has 0 amide bonds. The van der Waals surface area contributed by atoms with E-state index >= 15 is 0 Å². The van der Waals surface area contributed by atoms with Gasteiger partial charge in [0.2, 0.25) is 0 Å². The minimum atomic E-state index is 0.688. The second kappa shape index (κ2) is 2.37. The van der Waals surface area contributed by atoms with Crippen molar-refractivity contribution in [3.63, 3.8) is 0 Å². The molecule has 5 nitrogen and oxygen atoms in total. The summed E-state index contributed by atoms with van der Waals surface area (Å²) in [5, 5.41) is 15.9. The lowest BCUT2D eigenvalue weighted by Crippen LogP contribution is -2.06. The van der Waals surface area contributed by atoms with Crippen molar-refractivity contribution in [1.82, 2.24) is 25.9 Å². The van der Waals surface area contributed by atoms with Crippen molar-refractivity contribution in [2.45, 2.75) is 6.54 Å². The van der Waals surface area contributed by atoms with Gasteiger partial charge in [0, 0.05) is 0 Å². The monoisotopic (exact) mass is 113 g/mol. The first-order valence-corrected chi connectivity index (χ1v) is 2.30. The Kier molecular flexibility index (Phi) is 1.53. The highest BCUT2D eigenvalue weighted by atomic mass is 15.5. The van der Waals surface area contributed by atoms with Crippen molar-refractivity contribution < 1.29 is 0 Å². The first kappa shape index (κ1) is 5.17. The van der Waals surface area contributed by atoms with E-state index in [0.717, 1.165) is 5.82 Å². The number of nitrogens with zero attached hydrogens (tertiary/aromatic N) is 3. The second-order valence-electron chi connectivity index (χ2n) is 1.38. The summed E-state index contributed by atoms with van der Waals surface area (Å²) in [6.45, 7) is 0.688. The first-order chi connectivity index (χ1) is 3.93.